The molecule has 15 heteroatoms. The normalized spacial score (nSPS) is 13.4. The molecular formula is C33H17N5O10. The molecule has 0 bridgehead atoms. The zero-order valence-electron chi connectivity index (χ0n) is 24.1. The average Bonchev–Trinajstić information content (AvgIpc) is 3.48. The molecule has 0 aliphatic carbocycles. The van der Waals surface area contributed by atoms with Crippen molar-refractivity contribution in [3.05, 3.63) is 146 Å². The van der Waals surface area contributed by atoms with Crippen molar-refractivity contribution in [2.45, 2.75) is 0 Å². The first-order chi connectivity index (χ1) is 23.1. The number of fused-ring (bicyclic) bond motifs is 2. The number of amides is 4. The van der Waals surface area contributed by atoms with Crippen LogP contribution in [0, 0.1) is 20.2 Å². The van der Waals surface area contributed by atoms with Gasteiger partial charge in [0, 0.05) is 12.1 Å². The van der Waals surface area contributed by atoms with Gasteiger partial charge in [-0.1, -0.05) is 18.2 Å². The summed E-state index contributed by atoms with van der Waals surface area (Å²) >= 11 is 0. The number of nitro benzene ring substituents is 2. The first-order valence-electron chi connectivity index (χ1n) is 14.0. The lowest BCUT2D eigenvalue weighted by Gasteiger charge is -2.17. The summed E-state index contributed by atoms with van der Waals surface area (Å²) in [5.74, 6) is -2.58. The van der Waals surface area contributed by atoms with E-state index >= 15 is 0 Å². The van der Waals surface area contributed by atoms with E-state index in [0.29, 0.717) is 0 Å². The Balaban J connectivity index is 1.13. The van der Waals surface area contributed by atoms with Crippen LogP contribution in [0.5, 0.6) is 23.0 Å². The number of carbonyl (C=O) groups excluding carboxylic acids is 4. The highest BCUT2D eigenvalue weighted by atomic mass is 16.6. The SMILES string of the molecule is O=C1c2ccc(Oc3cccc([N+](=O)[O-])c3)cc2C(=O)N1c1cccc(N2C(=O)c3ccc(Oc4cccc([N+](=O)[O-])c4)cc3C2=O)n1. The fourth-order valence-corrected chi connectivity index (χ4v) is 5.24. The van der Waals surface area contributed by atoms with Crippen LogP contribution in [0.15, 0.2) is 103 Å². The van der Waals surface area contributed by atoms with Gasteiger partial charge in [-0.15, -0.1) is 0 Å². The van der Waals surface area contributed by atoms with Gasteiger partial charge in [-0.3, -0.25) is 39.4 Å². The minimum atomic E-state index is -0.741. The topological polar surface area (TPSA) is 192 Å². The summed E-state index contributed by atoms with van der Waals surface area (Å²) in [5.41, 5.74) is -0.292. The monoisotopic (exact) mass is 643 g/mol. The van der Waals surface area contributed by atoms with E-state index < -0.39 is 33.5 Å². The van der Waals surface area contributed by atoms with E-state index in [1.807, 2.05) is 0 Å². The van der Waals surface area contributed by atoms with Gasteiger partial charge in [-0.2, -0.15) is 0 Å². The molecule has 15 nitrogen and oxygen atoms in total. The number of ether oxygens (including phenoxy) is 2. The molecule has 48 heavy (non-hydrogen) atoms. The molecule has 0 spiro atoms. The van der Waals surface area contributed by atoms with Gasteiger partial charge in [0.05, 0.1) is 44.2 Å². The number of anilines is 2. The molecule has 2 aliphatic rings. The molecule has 2 aliphatic heterocycles. The Hall–Kier alpha value is -7.29. The molecule has 7 rings (SSSR count). The summed E-state index contributed by atoms with van der Waals surface area (Å²) in [6.45, 7) is 0. The summed E-state index contributed by atoms with van der Waals surface area (Å²) in [6, 6.07) is 23.4. The minimum Gasteiger partial charge on any atom is -0.457 e. The Labute approximate surface area is 268 Å². The van der Waals surface area contributed by atoms with Crippen LogP contribution in [-0.2, 0) is 0 Å². The molecule has 4 aromatic carbocycles. The fourth-order valence-electron chi connectivity index (χ4n) is 5.24. The van der Waals surface area contributed by atoms with Crippen molar-refractivity contribution < 1.29 is 38.5 Å². The van der Waals surface area contributed by atoms with Gasteiger partial charge in [0.15, 0.2) is 0 Å². The van der Waals surface area contributed by atoms with Crippen molar-refractivity contribution in [2.24, 2.45) is 0 Å². The number of nitrogens with zero attached hydrogens (tertiary/aromatic N) is 5. The quantitative estimate of drug-likeness (QED) is 0.108. The summed E-state index contributed by atoms with van der Waals surface area (Å²) in [7, 11) is 0. The Morgan fingerprint density at radius 2 is 0.854 bits per heavy atom. The molecule has 234 valence electrons. The van der Waals surface area contributed by atoms with Crippen molar-refractivity contribution in [3.8, 4) is 23.0 Å². The highest BCUT2D eigenvalue weighted by Crippen LogP contribution is 2.36. The molecule has 0 atom stereocenters. The Morgan fingerprint density at radius 1 is 0.479 bits per heavy atom. The van der Waals surface area contributed by atoms with E-state index in [2.05, 4.69) is 4.98 Å². The maximum absolute atomic E-state index is 13.5. The molecule has 0 unspecified atom stereocenters. The van der Waals surface area contributed by atoms with Gasteiger partial charge >= 0.3 is 0 Å². The van der Waals surface area contributed by atoms with Crippen LogP contribution < -0.4 is 19.3 Å². The van der Waals surface area contributed by atoms with Crippen LogP contribution >= 0.6 is 0 Å². The number of hydrogen-bond acceptors (Lipinski definition) is 11. The second-order valence-corrected chi connectivity index (χ2v) is 10.4. The van der Waals surface area contributed by atoms with Gasteiger partial charge in [0.25, 0.3) is 35.0 Å². The third-order valence-corrected chi connectivity index (χ3v) is 7.42. The summed E-state index contributed by atoms with van der Waals surface area (Å²) in [4.78, 5) is 80.6. The van der Waals surface area contributed by atoms with Crippen LogP contribution in [0.25, 0.3) is 0 Å². The molecule has 5 aromatic rings. The second kappa shape index (κ2) is 11.3. The molecular weight excluding hydrogens is 626 g/mol. The standard InChI is InChI=1S/C33H17N5O10/c39-30-24-12-10-22(47-20-6-1-4-18(14-20)37(43)44)16-26(24)32(41)35(30)28-8-3-9-29(34-28)36-31(40)25-13-11-23(17-27(25)33(36)42)48-21-7-2-5-19(15-21)38(45)46/h1-17H. The fraction of sp³-hybridized carbons (Fsp3) is 0. The molecule has 0 saturated heterocycles. The predicted octanol–water partition coefficient (Wildman–Crippen LogP) is 6.08. The predicted molar refractivity (Wildman–Crippen MR) is 166 cm³/mol. The number of pyridine rings is 1. The molecule has 3 heterocycles. The largest absolute Gasteiger partial charge is 0.457 e. The van der Waals surface area contributed by atoms with Gasteiger partial charge in [0.1, 0.15) is 34.6 Å². The Kier molecular flexibility index (Phi) is 6.90. The van der Waals surface area contributed by atoms with Gasteiger partial charge in [-0.05, 0) is 60.7 Å². The van der Waals surface area contributed by atoms with Crippen LogP contribution in [-0.4, -0.2) is 38.5 Å². The lowest BCUT2D eigenvalue weighted by atomic mass is 10.1. The lowest BCUT2D eigenvalue weighted by molar-refractivity contribution is -0.385. The van der Waals surface area contributed by atoms with Crippen molar-refractivity contribution in [1.82, 2.24) is 4.98 Å². The van der Waals surface area contributed by atoms with E-state index in [1.54, 1.807) is 0 Å². The van der Waals surface area contributed by atoms with E-state index in [4.69, 9.17) is 9.47 Å². The Morgan fingerprint density at radius 3 is 1.27 bits per heavy atom. The van der Waals surface area contributed by atoms with Crippen LogP contribution in [0.3, 0.4) is 0 Å². The van der Waals surface area contributed by atoms with E-state index in [0.717, 1.165) is 9.80 Å². The average molecular weight is 644 g/mol. The number of carbonyl (C=O) groups is 4. The first-order valence-corrected chi connectivity index (χ1v) is 14.0. The minimum absolute atomic E-state index is 0.00728. The number of non-ortho nitro benzene ring substituents is 2. The molecule has 0 radical (unpaired) electrons. The Bertz CT molecular complexity index is 2120. The number of nitro groups is 2. The first kappa shape index (κ1) is 29.4. The number of benzene rings is 4. The van der Waals surface area contributed by atoms with Crippen molar-refractivity contribution in [1.29, 1.82) is 0 Å². The van der Waals surface area contributed by atoms with Crippen molar-refractivity contribution >= 4 is 46.6 Å². The maximum atomic E-state index is 13.5. The van der Waals surface area contributed by atoms with Crippen LogP contribution in [0.2, 0.25) is 0 Å². The molecule has 4 amide bonds. The third-order valence-electron chi connectivity index (χ3n) is 7.42. The summed E-state index contributed by atoms with van der Waals surface area (Å²) in [5, 5.41) is 22.2. The van der Waals surface area contributed by atoms with E-state index in [9.17, 15) is 39.4 Å². The summed E-state index contributed by atoms with van der Waals surface area (Å²) < 4.78 is 11.4. The third kappa shape index (κ3) is 5.02. The van der Waals surface area contributed by atoms with Crippen molar-refractivity contribution in [2.75, 3.05) is 9.80 Å². The zero-order valence-corrected chi connectivity index (χ0v) is 24.1. The molecule has 0 fully saturated rings. The van der Waals surface area contributed by atoms with Crippen LogP contribution in [0.1, 0.15) is 41.4 Å². The van der Waals surface area contributed by atoms with Gasteiger partial charge < -0.3 is 9.47 Å². The highest BCUT2D eigenvalue weighted by Gasteiger charge is 2.41. The number of aromatic nitrogens is 1. The number of imide groups is 2. The van der Waals surface area contributed by atoms with E-state index in [1.165, 1.54) is 103 Å². The lowest BCUT2D eigenvalue weighted by Crippen LogP contribution is -2.33. The van der Waals surface area contributed by atoms with Crippen LogP contribution in [0.4, 0.5) is 23.0 Å². The van der Waals surface area contributed by atoms with E-state index in [-0.39, 0.29) is 68.3 Å². The zero-order chi connectivity index (χ0) is 33.7. The molecule has 0 saturated carbocycles. The molecule has 0 N–H and O–H groups in total. The number of hydrogen-bond donors (Lipinski definition) is 0. The highest BCUT2D eigenvalue weighted by molar-refractivity contribution is 6.35. The number of rotatable bonds is 8. The smallest absolute Gasteiger partial charge is 0.273 e. The summed E-state index contributed by atoms with van der Waals surface area (Å²) in [6.07, 6.45) is 0. The van der Waals surface area contributed by atoms with Crippen molar-refractivity contribution in [3.63, 3.8) is 0 Å². The second-order valence-electron chi connectivity index (χ2n) is 10.4. The molecule has 1 aromatic heterocycles. The van der Waals surface area contributed by atoms with Gasteiger partial charge in [0.2, 0.25) is 0 Å². The van der Waals surface area contributed by atoms with Gasteiger partial charge in [-0.25, -0.2) is 14.8 Å². The maximum Gasteiger partial charge on any atom is 0.273 e.